The number of rotatable bonds is 5. The molecule has 0 bridgehead atoms. The summed E-state index contributed by atoms with van der Waals surface area (Å²) >= 11 is 4.80. The van der Waals surface area contributed by atoms with Crippen molar-refractivity contribution in [2.24, 2.45) is 5.73 Å². The van der Waals surface area contributed by atoms with Crippen LogP contribution in [0.2, 0.25) is 0 Å². The number of nitrogens with two attached hydrogens (primary N) is 1. The summed E-state index contributed by atoms with van der Waals surface area (Å²) in [5.74, 6) is -0.792. The van der Waals surface area contributed by atoms with Gasteiger partial charge in [-0.05, 0) is 12.1 Å². The Morgan fingerprint density at radius 3 is 2.67 bits per heavy atom. The van der Waals surface area contributed by atoms with E-state index in [2.05, 4.69) is 5.32 Å². The highest BCUT2D eigenvalue weighted by atomic mass is 32.2. The number of nitrogens with zero attached hydrogens (tertiary/aromatic N) is 1. The number of imide groups is 1. The highest BCUT2D eigenvalue weighted by Crippen LogP contribution is 2.14. The summed E-state index contributed by atoms with van der Waals surface area (Å²) in [4.78, 5) is 23.8. The van der Waals surface area contributed by atoms with Gasteiger partial charge in [-0.2, -0.15) is 0 Å². The van der Waals surface area contributed by atoms with Crippen molar-refractivity contribution in [2.75, 3.05) is 18.8 Å². The van der Waals surface area contributed by atoms with Gasteiger partial charge in [-0.25, -0.2) is 13.2 Å². The summed E-state index contributed by atoms with van der Waals surface area (Å²) in [7, 11) is -3.64. The zero-order chi connectivity index (χ0) is 15.6. The summed E-state index contributed by atoms with van der Waals surface area (Å²) in [5.41, 5.74) is 5.91. The number of amides is 3. The molecule has 0 atom stereocenters. The van der Waals surface area contributed by atoms with Gasteiger partial charge >= 0.3 is 6.03 Å². The molecule has 3 N–H and O–H groups in total. The molecule has 1 saturated heterocycles. The first-order valence-electron chi connectivity index (χ1n) is 6.02. The molecule has 9 heteroatoms. The van der Waals surface area contributed by atoms with Crippen LogP contribution in [0.25, 0.3) is 0 Å². The van der Waals surface area contributed by atoms with Gasteiger partial charge in [0.1, 0.15) is 4.99 Å². The summed E-state index contributed by atoms with van der Waals surface area (Å²) in [6.45, 7) is -0.292. The Labute approximate surface area is 127 Å². The third kappa shape index (κ3) is 3.37. The molecular weight excluding hydrogens is 314 g/mol. The molecule has 2 rings (SSSR count). The maximum Gasteiger partial charge on any atom is 0.324 e. The number of carbonyl (C=O) groups is 2. The summed E-state index contributed by atoms with van der Waals surface area (Å²) in [6, 6.07) is 5.37. The van der Waals surface area contributed by atoms with Gasteiger partial charge in [0.05, 0.1) is 17.2 Å². The molecule has 1 heterocycles. The molecule has 0 radical (unpaired) electrons. The van der Waals surface area contributed by atoms with Crippen LogP contribution in [-0.2, 0) is 14.6 Å². The molecule has 1 fully saturated rings. The Balaban J connectivity index is 2.15. The van der Waals surface area contributed by atoms with Crippen molar-refractivity contribution in [3.63, 3.8) is 0 Å². The van der Waals surface area contributed by atoms with Crippen LogP contribution in [0.5, 0.6) is 0 Å². The second-order valence-corrected chi connectivity index (χ2v) is 6.96. The standard InChI is InChI=1S/C12H13N3O4S2/c13-11(20)8-2-1-3-9(6-8)21(18,19)5-4-15-10(16)7-14-12(15)17/h1-3,6H,4-5,7H2,(H2,13,20)(H,14,17). The molecule has 112 valence electrons. The van der Waals surface area contributed by atoms with Crippen molar-refractivity contribution in [1.82, 2.24) is 10.2 Å². The zero-order valence-corrected chi connectivity index (χ0v) is 12.5. The molecular formula is C12H13N3O4S2. The largest absolute Gasteiger partial charge is 0.389 e. The molecule has 0 spiro atoms. The Kier molecular flexibility index (Phi) is 4.24. The van der Waals surface area contributed by atoms with Crippen LogP contribution < -0.4 is 11.1 Å². The maximum absolute atomic E-state index is 12.2. The minimum Gasteiger partial charge on any atom is -0.389 e. The SMILES string of the molecule is NC(=S)c1cccc(S(=O)(=O)CCN2C(=O)CNC2=O)c1. The van der Waals surface area contributed by atoms with E-state index in [1.807, 2.05) is 0 Å². The van der Waals surface area contributed by atoms with Crippen molar-refractivity contribution >= 4 is 39.0 Å². The molecule has 0 aliphatic carbocycles. The molecule has 3 amide bonds. The van der Waals surface area contributed by atoms with Gasteiger partial charge in [0.2, 0.25) is 5.91 Å². The van der Waals surface area contributed by atoms with Crippen LogP contribution in [0, 0.1) is 0 Å². The van der Waals surface area contributed by atoms with E-state index >= 15 is 0 Å². The molecule has 0 aromatic heterocycles. The van der Waals surface area contributed by atoms with Crippen LogP contribution in [-0.4, -0.2) is 49.1 Å². The van der Waals surface area contributed by atoms with Crippen LogP contribution in [0.15, 0.2) is 29.2 Å². The Hall–Kier alpha value is -2.00. The van der Waals surface area contributed by atoms with Crippen molar-refractivity contribution in [2.45, 2.75) is 4.90 Å². The van der Waals surface area contributed by atoms with E-state index in [9.17, 15) is 18.0 Å². The van der Waals surface area contributed by atoms with E-state index < -0.39 is 21.8 Å². The van der Waals surface area contributed by atoms with Gasteiger partial charge in [-0.1, -0.05) is 24.4 Å². The number of nitrogens with one attached hydrogen (secondary N) is 1. The normalized spacial score (nSPS) is 15.1. The Bertz CT molecular complexity index is 699. The quantitative estimate of drug-likeness (QED) is 0.565. The highest BCUT2D eigenvalue weighted by molar-refractivity contribution is 7.91. The van der Waals surface area contributed by atoms with Crippen molar-refractivity contribution < 1.29 is 18.0 Å². The Morgan fingerprint density at radius 2 is 2.10 bits per heavy atom. The van der Waals surface area contributed by atoms with Crippen LogP contribution in [0.3, 0.4) is 0 Å². The van der Waals surface area contributed by atoms with Crippen LogP contribution >= 0.6 is 12.2 Å². The molecule has 1 aliphatic heterocycles. The number of hydrogen-bond donors (Lipinski definition) is 2. The molecule has 1 aliphatic rings. The first-order chi connectivity index (χ1) is 9.81. The number of hydrogen-bond acceptors (Lipinski definition) is 5. The van der Waals surface area contributed by atoms with E-state index in [4.69, 9.17) is 18.0 Å². The fourth-order valence-electron chi connectivity index (χ4n) is 1.85. The number of urea groups is 1. The minimum absolute atomic E-state index is 0.0554. The van der Waals surface area contributed by atoms with Crippen LogP contribution in [0.4, 0.5) is 4.79 Å². The molecule has 0 unspecified atom stereocenters. The first-order valence-corrected chi connectivity index (χ1v) is 8.08. The van der Waals surface area contributed by atoms with Crippen molar-refractivity contribution in [3.8, 4) is 0 Å². The first kappa shape index (κ1) is 15.4. The molecule has 21 heavy (non-hydrogen) atoms. The zero-order valence-electron chi connectivity index (χ0n) is 10.9. The molecule has 1 aromatic carbocycles. The van der Waals surface area contributed by atoms with Gasteiger partial charge in [0.15, 0.2) is 9.84 Å². The third-order valence-corrected chi connectivity index (χ3v) is 4.93. The fourth-order valence-corrected chi connectivity index (χ4v) is 3.23. The van der Waals surface area contributed by atoms with Gasteiger partial charge in [-0.15, -0.1) is 0 Å². The topological polar surface area (TPSA) is 110 Å². The smallest absolute Gasteiger partial charge is 0.324 e. The summed E-state index contributed by atoms with van der Waals surface area (Å²) in [6.07, 6.45) is 0. The maximum atomic E-state index is 12.2. The predicted molar refractivity (Wildman–Crippen MR) is 79.5 cm³/mol. The van der Waals surface area contributed by atoms with Crippen molar-refractivity contribution in [1.29, 1.82) is 0 Å². The van der Waals surface area contributed by atoms with E-state index in [1.165, 1.54) is 18.2 Å². The van der Waals surface area contributed by atoms with E-state index in [-0.39, 0.29) is 28.7 Å². The van der Waals surface area contributed by atoms with Gasteiger partial charge in [0.25, 0.3) is 0 Å². The fraction of sp³-hybridized carbons (Fsp3) is 0.250. The Morgan fingerprint density at radius 1 is 1.38 bits per heavy atom. The van der Waals surface area contributed by atoms with E-state index in [0.717, 1.165) is 4.90 Å². The lowest BCUT2D eigenvalue weighted by atomic mass is 10.2. The summed E-state index contributed by atoms with van der Waals surface area (Å²) < 4.78 is 24.4. The van der Waals surface area contributed by atoms with E-state index in [1.54, 1.807) is 6.07 Å². The third-order valence-electron chi connectivity index (χ3n) is 3.00. The number of sulfone groups is 1. The molecule has 0 saturated carbocycles. The van der Waals surface area contributed by atoms with Gasteiger partial charge in [-0.3, -0.25) is 9.69 Å². The monoisotopic (exact) mass is 327 g/mol. The molecule has 7 nitrogen and oxygen atoms in total. The van der Waals surface area contributed by atoms with Crippen LogP contribution in [0.1, 0.15) is 5.56 Å². The lowest BCUT2D eigenvalue weighted by molar-refractivity contribution is -0.124. The average Bonchev–Trinajstić information content (AvgIpc) is 2.76. The lowest BCUT2D eigenvalue weighted by Gasteiger charge is -2.12. The van der Waals surface area contributed by atoms with Gasteiger partial charge in [0, 0.05) is 12.1 Å². The average molecular weight is 327 g/mol. The summed E-state index contributed by atoms with van der Waals surface area (Å²) in [5, 5.41) is 2.33. The predicted octanol–water partition coefficient (Wildman–Crippen LogP) is -0.354. The highest BCUT2D eigenvalue weighted by Gasteiger charge is 2.29. The lowest BCUT2D eigenvalue weighted by Crippen LogP contribution is -2.35. The number of carbonyl (C=O) groups excluding carboxylic acids is 2. The second-order valence-electron chi connectivity index (χ2n) is 4.42. The minimum atomic E-state index is -3.64. The van der Waals surface area contributed by atoms with Gasteiger partial charge < -0.3 is 11.1 Å². The molecule has 1 aromatic rings. The second kappa shape index (κ2) is 5.78. The van der Waals surface area contributed by atoms with Crippen molar-refractivity contribution in [3.05, 3.63) is 29.8 Å². The van der Waals surface area contributed by atoms with E-state index in [0.29, 0.717) is 5.56 Å². The number of benzene rings is 1. The number of thiocarbonyl (C=S) groups is 1.